The summed E-state index contributed by atoms with van der Waals surface area (Å²) in [7, 11) is -2.99. The molecule has 0 saturated carbocycles. The minimum atomic E-state index is -2.99. The second-order valence-corrected chi connectivity index (χ2v) is 9.16. The Morgan fingerprint density at radius 2 is 2.08 bits per heavy atom. The molecule has 1 aromatic rings. The van der Waals surface area contributed by atoms with Gasteiger partial charge in [-0.25, -0.2) is 8.42 Å². The quantitative estimate of drug-likeness (QED) is 0.739. The lowest BCUT2D eigenvalue weighted by atomic mass is 10.2. The molecule has 0 spiro atoms. The molecule has 1 aromatic carbocycles. The Balaban J connectivity index is 1.87. The third-order valence-electron chi connectivity index (χ3n) is 4.01. The van der Waals surface area contributed by atoms with E-state index in [-0.39, 0.29) is 23.5 Å². The fraction of sp³-hybridized carbons (Fsp3) is 0.529. The molecule has 1 aliphatic heterocycles. The van der Waals surface area contributed by atoms with Crippen molar-refractivity contribution < 1.29 is 13.2 Å². The summed E-state index contributed by atoms with van der Waals surface area (Å²) in [5, 5.41) is 8.78. The molecule has 0 bridgehead atoms. The standard InChI is InChI=1S/C17H22N2O3S2/c1-2-8-19(16-7-9-24(21,22)13-16)17(20)12-23-11-15-5-3-14(10-18)4-6-15/h3-6,16H,2,7-9,11-13H2,1H3. The molecule has 1 unspecified atom stereocenters. The second kappa shape index (κ2) is 8.54. The molecule has 0 aliphatic carbocycles. The van der Waals surface area contributed by atoms with Gasteiger partial charge in [0.1, 0.15) is 0 Å². The van der Waals surface area contributed by atoms with Crippen molar-refractivity contribution in [3.8, 4) is 6.07 Å². The van der Waals surface area contributed by atoms with E-state index in [2.05, 4.69) is 6.07 Å². The van der Waals surface area contributed by atoms with E-state index in [0.717, 1.165) is 12.0 Å². The van der Waals surface area contributed by atoms with Crippen LogP contribution in [0.25, 0.3) is 0 Å². The second-order valence-electron chi connectivity index (χ2n) is 5.95. The van der Waals surface area contributed by atoms with Gasteiger partial charge in [0.2, 0.25) is 5.91 Å². The lowest BCUT2D eigenvalue weighted by Gasteiger charge is -2.27. The van der Waals surface area contributed by atoms with Crippen LogP contribution in [0.15, 0.2) is 24.3 Å². The molecule has 1 aliphatic rings. The van der Waals surface area contributed by atoms with Crippen molar-refractivity contribution in [1.82, 2.24) is 4.90 Å². The van der Waals surface area contributed by atoms with Gasteiger partial charge in [-0.1, -0.05) is 19.1 Å². The Hall–Kier alpha value is -1.52. The van der Waals surface area contributed by atoms with Crippen LogP contribution >= 0.6 is 11.8 Å². The third-order valence-corrected chi connectivity index (χ3v) is 6.75. The first kappa shape index (κ1) is 18.8. The van der Waals surface area contributed by atoms with Gasteiger partial charge in [0, 0.05) is 18.3 Å². The zero-order valence-electron chi connectivity index (χ0n) is 13.8. The highest BCUT2D eigenvalue weighted by Crippen LogP contribution is 2.20. The molecule has 0 radical (unpaired) electrons. The molecule has 130 valence electrons. The van der Waals surface area contributed by atoms with E-state index in [9.17, 15) is 13.2 Å². The van der Waals surface area contributed by atoms with E-state index in [1.165, 1.54) is 11.8 Å². The summed E-state index contributed by atoms with van der Waals surface area (Å²) in [6, 6.07) is 9.23. The molecule has 5 nitrogen and oxygen atoms in total. The van der Waals surface area contributed by atoms with Crippen LogP contribution in [0.3, 0.4) is 0 Å². The van der Waals surface area contributed by atoms with Crippen LogP contribution in [-0.2, 0) is 20.4 Å². The Morgan fingerprint density at radius 3 is 2.62 bits per heavy atom. The molecule has 0 aromatic heterocycles. The van der Waals surface area contributed by atoms with Crippen LogP contribution < -0.4 is 0 Å². The molecule has 0 N–H and O–H groups in total. The van der Waals surface area contributed by atoms with Crippen LogP contribution in [0.2, 0.25) is 0 Å². The first-order valence-electron chi connectivity index (χ1n) is 8.02. The molecule has 1 saturated heterocycles. The van der Waals surface area contributed by atoms with Crippen molar-refractivity contribution in [2.75, 3.05) is 23.8 Å². The average molecular weight is 367 g/mol. The highest BCUT2D eigenvalue weighted by atomic mass is 32.2. The van der Waals surface area contributed by atoms with Crippen LogP contribution in [0, 0.1) is 11.3 Å². The summed E-state index contributed by atoms with van der Waals surface area (Å²) in [5.74, 6) is 1.33. The van der Waals surface area contributed by atoms with E-state index in [1.54, 1.807) is 17.0 Å². The highest BCUT2D eigenvalue weighted by molar-refractivity contribution is 7.99. The van der Waals surface area contributed by atoms with Crippen LogP contribution in [0.5, 0.6) is 0 Å². The number of thioether (sulfide) groups is 1. The zero-order valence-corrected chi connectivity index (χ0v) is 15.4. The molecule has 7 heteroatoms. The van der Waals surface area contributed by atoms with Gasteiger partial charge in [-0.3, -0.25) is 4.79 Å². The molecule has 1 amide bonds. The van der Waals surface area contributed by atoms with Gasteiger partial charge in [0.15, 0.2) is 9.84 Å². The van der Waals surface area contributed by atoms with E-state index < -0.39 is 9.84 Å². The number of sulfone groups is 1. The van der Waals surface area contributed by atoms with Gasteiger partial charge in [0.25, 0.3) is 0 Å². The lowest BCUT2D eigenvalue weighted by Crippen LogP contribution is -2.42. The van der Waals surface area contributed by atoms with Gasteiger partial charge in [0.05, 0.1) is 28.9 Å². The molecule has 2 rings (SSSR count). The number of hydrogen-bond acceptors (Lipinski definition) is 5. The van der Waals surface area contributed by atoms with Crippen LogP contribution in [0.1, 0.15) is 30.9 Å². The topological polar surface area (TPSA) is 78.2 Å². The van der Waals surface area contributed by atoms with E-state index in [1.807, 2.05) is 19.1 Å². The van der Waals surface area contributed by atoms with Gasteiger partial charge >= 0.3 is 0 Å². The van der Waals surface area contributed by atoms with Crippen molar-refractivity contribution in [2.24, 2.45) is 0 Å². The van der Waals surface area contributed by atoms with Gasteiger partial charge < -0.3 is 4.90 Å². The summed E-state index contributed by atoms with van der Waals surface area (Å²) in [6.07, 6.45) is 1.37. The van der Waals surface area contributed by atoms with E-state index in [4.69, 9.17) is 5.26 Å². The largest absolute Gasteiger partial charge is 0.338 e. The van der Waals surface area contributed by atoms with Crippen LogP contribution in [0.4, 0.5) is 0 Å². The predicted molar refractivity (Wildman–Crippen MR) is 96.4 cm³/mol. The Kier molecular flexibility index (Phi) is 6.69. The van der Waals surface area contributed by atoms with E-state index >= 15 is 0 Å². The molecular formula is C17H22N2O3S2. The zero-order chi connectivity index (χ0) is 17.6. The summed E-state index contributed by atoms with van der Waals surface area (Å²) in [4.78, 5) is 14.2. The Bertz CT molecular complexity index is 708. The van der Waals surface area contributed by atoms with Gasteiger partial charge in [-0.05, 0) is 30.5 Å². The monoisotopic (exact) mass is 366 g/mol. The number of rotatable bonds is 7. The fourth-order valence-corrected chi connectivity index (χ4v) is 5.39. The number of hydrogen-bond donors (Lipinski definition) is 0. The number of carbonyl (C=O) groups excluding carboxylic acids is 1. The molecule has 1 atom stereocenters. The number of benzene rings is 1. The van der Waals surface area contributed by atoms with Gasteiger partial charge in [-0.15, -0.1) is 11.8 Å². The molecule has 1 fully saturated rings. The van der Waals surface area contributed by atoms with Crippen molar-refractivity contribution in [1.29, 1.82) is 5.26 Å². The highest BCUT2D eigenvalue weighted by Gasteiger charge is 2.33. The smallest absolute Gasteiger partial charge is 0.232 e. The molecule has 1 heterocycles. The summed E-state index contributed by atoms with van der Waals surface area (Å²) in [6.45, 7) is 2.60. The summed E-state index contributed by atoms with van der Waals surface area (Å²) < 4.78 is 23.3. The van der Waals surface area contributed by atoms with Gasteiger partial charge in [-0.2, -0.15) is 5.26 Å². The summed E-state index contributed by atoms with van der Waals surface area (Å²) in [5.41, 5.74) is 1.69. The fourth-order valence-electron chi connectivity index (χ4n) is 2.79. The summed E-state index contributed by atoms with van der Waals surface area (Å²) >= 11 is 1.52. The molecule has 24 heavy (non-hydrogen) atoms. The maximum atomic E-state index is 12.5. The number of nitriles is 1. The maximum absolute atomic E-state index is 12.5. The minimum Gasteiger partial charge on any atom is -0.338 e. The first-order valence-corrected chi connectivity index (χ1v) is 11.0. The van der Waals surface area contributed by atoms with Crippen molar-refractivity contribution in [3.63, 3.8) is 0 Å². The molecular weight excluding hydrogens is 344 g/mol. The van der Waals surface area contributed by atoms with Crippen molar-refractivity contribution in [2.45, 2.75) is 31.6 Å². The number of amides is 1. The van der Waals surface area contributed by atoms with E-state index in [0.29, 0.717) is 30.0 Å². The van der Waals surface area contributed by atoms with Crippen molar-refractivity contribution >= 4 is 27.5 Å². The van der Waals surface area contributed by atoms with Crippen LogP contribution in [-0.4, -0.2) is 49.1 Å². The number of nitrogens with zero attached hydrogens (tertiary/aromatic N) is 2. The average Bonchev–Trinajstić information content (AvgIpc) is 2.92. The first-order chi connectivity index (χ1) is 11.4. The Morgan fingerprint density at radius 1 is 1.38 bits per heavy atom. The van der Waals surface area contributed by atoms with Crippen molar-refractivity contribution in [3.05, 3.63) is 35.4 Å². The predicted octanol–water partition coefficient (Wildman–Crippen LogP) is 2.22. The Labute approximate surface area is 148 Å². The lowest BCUT2D eigenvalue weighted by molar-refractivity contribution is -0.130. The maximum Gasteiger partial charge on any atom is 0.232 e. The minimum absolute atomic E-state index is 0.0117. The normalized spacial score (nSPS) is 18.9. The number of carbonyl (C=O) groups is 1. The third kappa shape index (κ3) is 5.25. The SMILES string of the molecule is CCCN(C(=O)CSCc1ccc(C#N)cc1)C1CCS(=O)(=O)C1.